The molecule has 0 fully saturated rings. The van der Waals surface area contributed by atoms with Gasteiger partial charge in [0.2, 0.25) is 0 Å². The average Bonchev–Trinajstić information content (AvgIpc) is 2.14. The summed E-state index contributed by atoms with van der Waals surface area (Å²) in [5, 5.41) is 0. The number of benzene rings is 1. The summed E-state index contributed by atoms with van der Waals surface area (Å²) in [6, 6.07) is 10.8. The van der Waals surface area contributed by atoms with Crippen LogP contribution in [0.5, 0.6) is 0 Å². The molecule has 84 valence electrons. The zero-order chi connectivity index (χ0) is 11.3. The van der Waals surface area contributed by atoms with E-state index in [2.05, 4.69) is 58.0 Å². The number of aryl methyl sites for hydroxylation is 1. The largest absolute Gasteiger partial charge is 0.0625 e. The van der Waals surface area contributed by atoms with Crippen LogP contribution in [0.4, 0.5) is 0 Å². The molecule has 15 heavy (non-hydrogen) atoms. The predicted molar refractivity (Wildman–Crippen MR) is 68.0 cm³/mol. The van der Waals surface area contributed by atoms with Crippen LogP contribution in [0.1, 0.15) is 46.1 Å². The molecule has 0 heterocycles. The van der Waals surface area contributed by atoms with Gasteiger partial charge in [0.25, 0.3) is 0 Å². The SMILES string of the molecule is C[C@H](CCc1ccccc1)CC(C)(C)C. The van der Waals surface area contributed by atoms with Crippen LogP contribution in [-0.2, 0) is 6.42 Å². The number of rotatable bonds is 4. The Morgan fingerprint density at radius 3 is 2.20 bits per heavy atom. The van der Waals surface area contributed by atoms with E-state index in [9.17, 15) is 0 Å². The van der Waals surface area contributed by atoms with Crippen molar-refractivity contribution < 1.29 is 0 Å². The Kier molecular flexibility index (Phi) is 4.38. The van der Waals surface area contributed by atoms with Gasteiger partial charge in [0.1, 0.15) is 0 Å². The van der Waals surface area contributed by atoms with E-state index in [0.717, 1.165) is 5.92 Å². The van der Waals surface area contributed by atoms with Crippen LogP contribution in [0.25, 0.3) is 0 Å². The van der Waals surface area contributed by atoms with Crippen molar-refractivity contribution in [3.63, 3.8) is 0 Å². The van der Waals surface area contributed by atoms with E-state index in [1.165, 1.54) is 24.8 Å². The van der Waals surface area contributed by atoms with Crippen LogP contribution >= 0.6 is 0 Å². The Morgan fingerprint density at radius 2 is 1.67 bits per heavy atom. The van der Waals surface area contributed by atoms with Crippen molar-refractivity contribution in [2.75, 3.05) is 0 Å². The Hall–Kier alpha value is -0.780. The first kappa shape index (κ1) is 12.3. The minimum absolute atomic E-state index is 0.468. The predicted octanol–water partition coefficient (Wildman–Crippen LogP) is 4.69. The summed E-state index contributed by atoms with van der Waals surface area (Å²) in [6.07, 6.45) is 3.85. The van der Waals surface area contributed by atoms with Gasteiger partial charge in [-0.15, -0.1) is 0 Å². The molecule has 0 spiro atoms. The summed E-state index contributed by atoms with van der Waals surface area (Å²) in [6.45, 7) is 9.35. The molecule has 0 aliphatic rings. The molecule has 0 aliphatic heterocycles. The van der Waals surface area contributed by atoms with Gasteiger partial charge in [-0.05, 0) is 36.2 Å². The Labute approximate surface area is 94.7 Å². The van der Waals surface area contributed by atoms with E-state index in [-0.39, 0.29) is 0 Å². The van der Waals surface area contributed by atoms with Crippen LogP contribution in [0.2, 0.25) is 0 Å². The van der Waals surface area contributed by atoms with Crippen molar-refractivity contribution in [2.24, 2.45) is 11.3 Å². The van der Waals surface area contributed by atoms with E-state index < -0.39 is 0 Å². The van der Waals surface area contributed by atoms with Crippen LogP contribution in [0, 0.1) is 11.3 Å². The molecule has 0 amide bonds. The fourth-order valence-corrected chi connectivity index (χ4v) is 2.21. The van der Waals surface area contributed by atoms with Crippen LogP contribution in [-0.4, -0.2) is 0 Å². The Morgan fingerprint density at radius 1 is 1.07 bits per heavy atom. The maximum absolute atomic E-state index is 2.37. The smallest absolute Gasteiger partial charge is 0.0276 e. The Bertz CT molecular complexity index is 266. The fraction of sp³-hybridized carbons (Fsp3) is 0.600. The monoisotopic (exact) mass is 204 g/mol. The second-order valence-corrected chi connectivity index (χ2v) is 5.89. The second-order valence-electron chi connectivity index (χ2n) is 5.89. The normalized spacial score (nSPS) is 13.9. The van der Waals surface area contributed by atoms with Gasteiger partial charge >= 0.3 is 0 Å². The maximum atomic E-state index is 2.37. The molecule has 1 aromatic carbocycles. The minimum Gasteiger partial charge on any atom is -0.0625 e. The zero-order valence-corrected chi connectivity index (χ0v) is 10.6. The molecule has 1 aromatic rings. The van der Waals surface area contributed by atoms with Crippen LogP contribution in [0.3, 0.4) is 0 Å². The molecule has 0 nitrogen and oxygen atoms in total. The first-order chi connectivity index (χ1) is 6.97. The quantitative estimate of drug-likeness (QED) is 0.667. The summed E-state index contributed by atoms with van der Waals surface area (Å²) in [7, 11) is 0. The molecule has 0 radical (unpaired) electrons. The van der Waals surface area contributed by atoms with Crippen LogP contribution < -0.4 is 0 Å². The lowest BCUT2D eigenvalue weighted by atomic mass is 9.83. The summed E-state index contributed by atoms with van der Waals surface area (Å²) in [4.78, 5) is 0. The van der Waals surface area contributed by atoms with E-state index in [4.69, 9.17) is 0 Å². The van der Waals surface area contributed by atoms with Gasteiger partial charge in [0.05, 0.1) is 0 Å². The average molecular weight is 204 g/mol. The molecule has 1 atom stereocenters. The van der Waals surface area contributed by atoms with Gasteiger partial charge in [-0.25, -0.2) is 0 Å². The highest BCUT2D eigenvalue weighted by molar-refractivity contribution is 5.14. The number of hydrogen-bond donors (Lipinski definition) is 0. The van der Waals surface area contributed by atoms with Gasteiger partial charge in [-0.2, -0.15) is 0 Å². The zero-order valence-electron chi connectivity index (χ0n) is 10.6. The second kappa shape index (κ2) is 5.34. The lowest BCUT2D eigenvalue weighted by molar-refractivity contribution is 0.297. The highest BCUT2D eigenvalue weighted by Gasteiger charge is 2.14. The Balaban J connectivity index is 2.32. The van der Waals surface area contributed by atoms with E-state index >= 15 is 0 Å². The first-order valence-corrected chi connectivity index (χ1v) is 6.01. The van der Waals surface area contributed by atoms with E-state index in [1.54, 1.807) is 0 Å². The van der Waals surface area contributed by atoms with Crippen molar-refractivity contribution in [3.8, 4) is 0 Å². The lowest BCUT2D eigenvalue weighted by Crippen LogP contribution is -2.11. The van der Waals surface area contributed by atoms with Crippen molar-refractivity contribution in [2.45, 2.75) is 47.0 Å². The topological polar surface area (TPSA) is 0 Å². The van der Waals surface area contributed by atoms with Crippen molar-refractivity contribution in [3.05, 3.63) is 35.9 Å². The first-order valence-electron chi connectivity index (χ1n) is 6.01. The molecule has 0 heteroatoms. The third kappa shape index (κ3) is 5.61. The van der Waals surface area contributed by atoms with Gasteiger partial charge in [0, 0.05) is 0 Å². The standard InChI is InChI=1S/C15H24/c1-13(12-15(2,3)4)10-11-14-8-6-5-7-9-14/h5-9,13H,10-12H2,1-4H3/t13-/m1/s1. The molecule has 0 aliphatic carbocycles. The van der Waals surface area contributed by atoms with Crippen molar-refractivity contribution in [1.29, 1.82) is 0 Å². The summed E-state index contributed by atoms with van der Waals surface area (Å²) in [5.74, 6) is 0.824. The molecule has 0 aromatic heterocycles. The molecule has 0 N–H and O–H groups in total. The summed E-state index contributed by atoms with van der Waals surface area (Å²) in [5.41, 5.74) is 1.94. The molecule has 0 saturated carbocycles. The highest BCUT2D eigenvalue weighted by atomic mass is 14.2. The molecule has 0 unspecified atom stereocenters. The summed E-state index contributed by atoms with van der Waals surface area (Å²) >= 11 is 0. The van der Waals surface area contributed by atoms with Gasteiger partial charge in [-0.3, -0.25) is 0 Å². The third-order valence-electron chi connectivity index (χ3n) is 2.73. The van der Waals surface area contributed by atoms with E-state index in [0.29, 0.717) is 5.41 Å². The molecule has 0 saturated heterocycles. The molecule has 1 rings (SSSR count). The number of hydrogen-bond acceptors (Lipinski definition) is 0. The molecule has 0 bridgehead atoms. The molecular formula is C15H24. The lowest BCUT2D eigenvalue weighted by Gasteiger charge is -2.23. The van der Waals surface area contributed by atoms with Crippen LogP contribution in [0.15, 0.2) is 30.3 Å². The van der Waals surface area contributed by atoms with Gasteiger partial charge in [-0.1, -0.05) is 58.0 Å². The summed E-state index contributed by atoms with van der Waals surface area (Å²) < 4.78 is 0. The van der Waals surface area contributed by atoms with Crippen molar-refractivity contribution in [1.82, 2.24) is 0 Å². The van der Waals surface area contributed by atoms with Crippen molar-refractivity contribution >= 4 is 0 Å². The van der Waals surface area contributed by atoms with E-state index in [1.807, 2.05) is 0 Å². The van der Waals surface area contributed by atoms with Gasteiger partial charge < -0.3 is 0 Å². The molecular weight excluding hydrogens is 180 g/mol. The van der Waals surface area contributed by atoms with Gasteiger partial charge in [0.15, 0.2) is 0 Å². The third-order valence-corrected chi connectivity index (χ3v) is 2.73. The highest BCUT2D eigenvalue weighted by Crippen LogP contribution is 2.26. The fourth-order valence-electron chi connectivity index (χ4n) is 2.21. The minimum atomic E-state index is 0.468. The maximum Gasteiger partial charge on any atom is -0.0276 e.